The number of amides is 1. The van der Waals surface area contributed by atoms with Crippen LogP contribution in [0.5, 0.6) is 0 Å². The minimum atomic E-state index is -0.971. The van der Waals surface area contributed by atoms with Gasteiger partial charge in [-0.3, -0.25) is 15.1 Å². The van der Waals surface area contributed by atoms with E-state index in [2.05, 4.69) is 15.6 Å². The Balaban J connectivity index is 1.82. The summed E-state index contributed by atoms with van der Waals surface area (Å²) in [6.45, 7) is 5.73. The van der Waals surface area contributed by atoms with Crippen molar-refractivity contribution in [3.05, 3.63) is 90.1 Å². The van der Waals surface area contributed by atoms with Crippen molar-refractivity contribution in [1.82, 2.24) is 20.6 Å². The molecule has 0 bridgehead atoms. The number of nitrogens with one attached hydrogen (secondary N) is 2. The number of benzene rings is 2. The molecule has 35 heavy (non-hydrogen) atoms. The molecular formula is C26H32B2N4O3. The van der Waals surface area contributed by atoms with Crippen molar-refractivity contribution in [2.45, 2.75) is 44.8 Å². The van der Waals surface area contributed by atoms with Gasteiger partial charge in [-0.15, -0.1) is 0 Å². The van der Waals surface area contributed by atoms with Crippen LogP contribution in [-0.2, 0) is 12.0 Å². The second-order valence-electron chi connectivity index (χ2n) is 9.14. The van der Waals surface area contributed by atoms with E-state index in [1.807, 2.05) is 86.6 Å². The van der Waals surface area contributed by atoms with Crippen LogP contribution in [-0.4, -0.2) is 59.5 Å². The number of aromatic nitrogens is 1. The molecule has 0 saturated heterocycles. The average molecular weight is 470 g/mol. The number of hydrogen-bond donors (Lipinski definition) is 4. The van der Waals surface area contributed by atoms with E-state index in [9.17, 15) is 14.9 Å². The summed E-state index contributed by atoms with van der Waals surface area (Å²) in [6.07, 6.45) is 1.20. The van der Waals surface area contributed by atoms with Crippen molar-refractivity contribution in [2.24, 2.45) is 0 Å². The van der Waals surface area contributed by atoms with Crippen LogP contribution in [0.1, 0.15) is 25.0 Å². The maximum atomic E-state index is 11.7. The fourth-order valence-corrected chi connectivity index (χ4v) is 4.05. The normalized spacial score (nSPS) is 13.3. The molecule has 0 aliphatic rings. The summed E-state index contributed by atoms with van der Waals surface area (Å²) in [7, 11) is 4.54. The Morgan fingerprint density at radius 1 is 1.09 bits per heavy atom. The molecule has 1 amide bonds. The summed E-state index contributed by atoms with van der Waals surface area (Å²) in [5, 5.41) is 28.8. The molecule has 1 aromatic heterocycles. The van der Waals surface area contributed by atoms with Crippen LogP contribution in [0.3, 0.4) is 0 Å². The monoisotopic (exact) mass is 470 g/mol. The highest BCUT2D eigenvalue weighted by Crippen LogP contribution is 2.29. The smallest absolute Gasteiger partial charge is 0.388 e. The molecular weight excluding hydrogens is 438 g/mol. The zero-order valence-corrected chi connectivity index (χ0v) is 20.4. The average Bonchev–Trinajstić information content (AvgIpc) is 2.84. The SMILES string of the molecule is [B]C(=O)N[C@@H](Cc1ccccc1)[C@@H](O)CN(NB(C)O)C(C)(C)c1ccc(-c2ccccn2)cc1. The minimum Gasteiger partial charge on any atom is -0.437 e. The lowest BCUT2D eigenvalue weighted by molar-refractivity contribution is 0.0127. The third kappa shape index (κ3) is 7.50. The molecule has 180 valence electrons. The van der Waals surface area contributed by atoms with Gasteiger partial charge in [0.05, 0.1) is 23.4 Å². The van der Waals surface area contributed by atoms with E-state index in [0.717, 1.165) is 22.4 Å². The van der Waals surface area contributed by atoms with E-state index in [1.54, 1.807) is 18.0 Å². The van der Waals surface area contributed by atoms with Crippen LogP contribution >= 0.6 is 0 Å². The Hall–Kier alpha value is -2.97. The lowest BCUT2D eigenvalue weighted by atomic mass is 9.87. The summed E-state index contributed by atoms with van der Waals surface area (Å²) < 4.78 is 0. The molecule has 0 fully saturated rings. The third-order valence-electron chi connectivity index (χ3n) is 6.03. The van der Waals surface area contributed by atoms with Gasteiger partial charge in [-0.1, -0.05) is 60.7 Å². The Morgan fingerprint density at radius 2 is 1.74 bits per heavy atom. The van der Waals surface area contributed by atoms with Crippen molar-refractivity contribution in [3.63, 3.8) is 0 Å². The van der Waals surface area contributed by atoms with Crippen LogP contribution in [0.15, 0.2) is 79.0 Å². The number of rotatable bonds is 11. The fourth-order valence-electron chi connectivity index (χ4n) is 4.05. The zero-order valence-electron chi connectivity index (χ0n) is 20.4. The number of pyridine rings is 1. The first-order chi connectivity index (χ1) is 16.7. The molecule has 2 atom stereocenters. The molecule has 0 spiro atoms. The predicted molar refractivity (Wildman–Crippen MR) is 141 cm³/mol. The van der Waals surface area contributed by atoms with Crippen molar-refractivity contribution in [2.75, 3.05) is 6.54 Å². The summed E-state index contributed by atoms with van der Waals surface area (Å²) in [4.78, 5) is 16.1. The molecule has 0 saturated carbocycles. The molecule has 0 unspecified atom stereocenters. The number of aliphatic hydroxyl groups is 1. The highest BCUT2D eigenvalue weighted by Gasteiger charge is 2.34. The molecule has 9 heteroatoms. The second-order valence-corrected chi connectivity index (χ2v) is 9.14. The maximum Gasteiger partial charge on any atom is 0.388 e. The van der Waals surface area contributed by atoms with Gasteiger partial charge in [-0.05, 0) is 50.4 Å². The Kier molecular flexibility index (Phi) is 9.23. The zero-order chi connectivity index (χ0) is 25.4. The van der Waals surface area contributed by atoms with Crippen molar-refractivity contribution in [3.8, 4) is 11.3 Å². The first-order valence-electron chi connectivity index (χ1n) is 11.7. The number of hydrazine groups is 1. The standard InChI is InChI=1S/C26H32B2N4O3/c1-26(2,21-14-12-20(13-15-21)22-11-7-8-16-29-22)32(31-28(3)35)18-24(33)23(30-25(27)34)17-19-9-5-4-6-10-19/h4-16,23-24,31,33,35H,17-18H2,1-3H3,(H,30,34)/t23-,24-/m0/s1. The van der Waals surface area contributed by atoms with Gasteiger partial charge in [0.2, 0.25) is 7.85 Å². The Morgan fingerprint density at radius 3 is 2.31 bits per heavy atom. The lowest BCUT2D eigenvalue weighted by Crippen LogP contribution is -2.60. The van der Waals surface area contributed by atoms with E-state index >= 15 is 0 Å². The van der Waals surface area contributed by atoms with Crippen LogP contribution in [0.2, 0.25) is 6.82 Å². The molecule has 2 radical (unpaired) electrons. The first kappa shape index (κ1) is 26.6. The van der Waals surface area contributed by atoms with Crippen molar-refractivity contribution in [1.29, 1.82) is 0 Å². The van der Waals surface area contributed by atoms with Gasteiger partial charge in [-0.25, -0.2) is 5.01 Å². The lowest BCUT2D eigenvalue weighted by Gasteiger charge is -2.42. The Bertz CT molecular complexity index is 1070. The van der Waals surface area contributed by atoms with Crippen LogP contribution < -0.4 is 10.7 Å². The van der Waals surface area contributed by atoms with E-state index in [4.69, 9.17) is 7.85 Å². The number of aliphatic hydroxyl groups excluding tert-OH is 1. The van der Waals surface area contributed by atoms with E-state index < -0.39 is 30.5 Å². The van der Waals surface area contributed by atoms with Gasteiger partial charge in [0.25, 0.3) is 0 Å². The molecule has 0 aliphatic heterocycles. The highest BCUT2D eigenvalue weighted by molar-refractivity contribution is 6.57. The minimum absolute atomic E-state index is 0.123. The summed E-state index contributed by atoms with van der Waals surface area (Å²) >= 11 is 0. The first-order valence-corrected chi connectivity index (χ1v) is 11.7. The molecule has 0 aliphatic carbocycles. The largest absolute Gasteiger partial charge is 0.437 e. The van der Waals surface area contributed by atoms with Gasteiger partial charge in [0.15, 0.2) is 5.81 Å². The molecule has 4 N–H and O–H groups in total. The van der Waals surface area contributed by atoms with Crippen LogP contribution in [0.25, 0.3) is 11.3 Å². The van der Waals surface area contributed by atoms with E-state index in [-0.39, 0.29) is 6.54 Å². The molecule has 2 aromatic carbocycles. The van der Waals surface area contributed by atoms with E-state index in [1.165, 1.54) is 0 Å². The van der Waals surface area contributed by atoms with Crippen LogP contribution in [0, 0.1) is 0 Å². The molecule has 3 rings (SSSR count). The Labute approximate surface area is 209 Å². The summed E-state index contributed by atoms with van der Waals surface area (Å²) in [6, 6.07) is 22.8. The van der Waals surface area contributed by atoms with Crippen molar-refractivity contribution >= 4 is 20.7 Å². The maximum absolute atomic E-state index is 11.7. The second kappa shape index (κ2) is 12.1. The van der Waals surface area contributed by atoms with E-state index in [0.29, 0.717) is 6.42 Å². The topological polar surface area (TPSA) is 97.7 Å². The number of carbonyl (C=O) groups is 1. The summed E-state index contributed by atoms with van der Waals surface area (Å²) in [5.74, 6) is -0.704. The third-order valence-corrected chi connectivity index (χ3v) is 6.03. The quantitative estimate of drug-likeness (QED) is 0.254. The van der Waals surface area contributed by atoms with Crippen molar-refractivity contribution < 1.29 is 14.9 Å². The number of hydrogen-bond acceptors (Lipinski definition) is 6. The predicted octanol–water partition coefficient (Wildman–Crippen LogP) is 2.75. The van der Waals surface area contributed by atoms with Gasteiger partial charge in [0.1, 0.15) is 0 Å². The number of nitrogens with zero attached hydrogens (tertiary/aromatic N) is 2. The molecule has 1 heterocycles. The highest BCUT2D eigenvalue weighted by atomic mass is 16.3. The summed E-state index contributed by atoms with van der Waals surface area (Å²) in [5.41, 5.74) is 3.19. The molecule has 3 aromatic rings. The van der Waals surface area contributed by atoms with Gasteiger partial charge in [0, 0.05) is 18.3 Å². The van der Waals surface area contributed by atoms with Gasteiger partial charge < -0.3 is 15.4 Å². The van der Waals surface area contributed by atoms with Gasteiger partial charge >= 0.3 is 7.05 Å². The molecule has 7 nitrogen and oxygen atoms in total. The number of carbonyl (C=O) groups excluding carboxylic acids is 1. The fraction of sp³-hybridized carbons (Fsp3) is 0.308. The van der Waals surface area contributed by atoms with Crippen LogP contribution in [0.4, 0.5) is 4.79 Å². The van der Waals surface area contributed by atoms with Gasteiger partial charge in [-0.2, -0.15) is 0 Å².